The highest BCUT2D eigenvalue weighted by Gasteiger charge is 2.24. The number of hydrogen-bond acceptors (Lipinski definition) is 3. The van der Waals surface area contributed by atoms with E-state index in [-0.39, 0.29) is 6.42 Å². The Morgan fingerprint density at radius 3 is 2.62 bits per heavy atom. The standard InChI is InChI=1S/C15H14Br2N2O2/c1-15(2,3)21-14(20)19-12-8-9(16)4-5-10(12)11(6-7-18)13(19)17/h4-5,8H,6H2,1-3H3. The molecule has 0 aliphatic carbocycles. The Morgan fingerprint density at radius 1 is 1.38 bits per heavy atom. The maximum atomic E-state index is 12.4. The quantitative estimate of drug-likeness (QED) is 0.659. The molecule has 0 saturated carbocycles. The van der Waals surface area contributed by atoms with Crippen molar-refractivity contribution in [1.29, 1.82) is 5.26 Å². The van der Waals surface area contributed by atoms with E-state index >= 15 is 0 Å². The molecule has 0 fully saturated rings. The van der Waals surface area contributed by atoms with Gasteiger partial charge in [-0.15, -0.1) is 0 Å². The number of nitrogens with zero attached hydrogens (tertiary/aromatic N) is 2. The first-order chi connectivity index (χ1) is 9.74. The van der Waals surface area contributed by atoms with Gasteiger partial charge in [0.25, 0.3) is 0 Å². The van der Waals surface area contributed by atoms with Crippen molar-refractivity contribution < 1.29 is 9.53 Å². The number of aromatic nitrogens is 1. The van der Waals surface area contributed by atoms with Crippen LogP contribution in [-0.4, -0.2) is 16.3 Å². The number of benzene rings is 1. The highest BCUT2D eigenvalue weighted by molar-refractivity contribution is 9.10. The molecule has 0 spiro atoms. The molecule has 0 N–H and O–H groups in total. The molecule has 0 aliphatic heterocycles. The van der Waals surface area contributed by atoms with Gasteiger partial charge in [0.15, 0.2) is 0 Å². The molecule has 0 saturated heterocycles. The summed E-state index contributed by atoms with van der Waals surface area (Å²) in [6.07, 6.45) is -0.254. The second-order valence-corrected chi connectivity index (χ2v) is 7.25. The van der Waals surface area contributed by atoms with E-state index < -0.39 is 11.7 Å². The summed E-state index contributed by atoms with van der Waals surface area (Å²) in [6.45, 7) is 5.45. The molecule has 6 heteroatoms. The number of rotatable bonds is 1. The van der Waals surface area contributed by atoms with E-state index in [4.69, 9.17) is 10.00 Å². The number of ether oxygens (including phenoxy) is 1. The van der Waals surface area contributed by atoms with Gasteiger partial charge in [0.1, 0.15) is 10.2 Å². The van der Waals surface area contributed by atoms with Crippen molar-refractivity contribution in [2.75, 3.05) is 0 Å². The molecule has 0 aliphatic rings. The lowest BCUT2D eigenvalue weighted by molar-refractivity contribution is 0.0541. The second-order valence-electron chi connectivity index (χ2n) is 5.58. The van der Waals surface area contributed by atoms with Gasteiger partial charge >= 0.3 is 6.09 Å². The maximum absolute atomic E-state index is 12.4. The van der Waals surface area contributed by atoms with Crippen LogP contribution in [-0.2, 0) is 11.2 Å². The van der Waals surface area contributed by atoms with Crippen LogP contribution in [0, 0.1) is 11.3 Å². The maximum Gasteiger partial charge on any atom is 0.419 e. The zero-order valence-corrected chi connectivity index (χ0v) is 15.1. The molecule has 0 atom stereocenters. The SMILES string of the molecule is CC(C)(C)OC(=O)n1c(Br)c(CC#N)c2ccc(Br)cc21. The number of hydrogen-bond donors (Lipinski definition) is 0. The van der Waals surface area contributed by atoms with Crippen LogP contribution in [0.3, 0.4) is 0 Å². The van der Waals surface area contributed by atoms with Gasteiger partial charge < -0.3 is 4.74 Å². The third-order valence-electron chi connectivity index (χ3n) is 2.80. The first kappa shape index (κ1) is 16.1. The molecule has 0 radical (unpaired) electrons. The van der Waals surface area contributed by atoms with Crippen molar-refractivity contribution in [2.24, 2.45) is 0 Å². The van der Waals surface area contributed by atoms with Crippen LogP contribution >= 0.6 is 31.9 Å². The largest absolute Gasteiger partial charge is 0.443 e. The van der Waals surface area contributed by atoms with Gasteiger partial charge in [-0.25, -0.2) is 9.36 Å². The summed E-state index contributed by atoms with van der Waals surface area (Å²) in [5.41, 5.74) is 0.899. The molecule has 0 bridgehead atoms. The van der Waals surface area contributed by atoms with E-state index in [0.29, 0.717) is 10.1 Å². The molecule has 1 heterocycles. The van der Waals surface area contributed by atoms with Crippen LogP contribution in [0.4, 0.5) is 4.79 Å². The normalized spacial score (nSPS) is 11.4. The Hall–Kier alpha value is -1.32. The molecule has 0 amide bonds. The van der Waals surface area contributed by atoms with Crippen LogP contribution in [0.15, 0.2) is 27.3 Å². The van der Waals surface area contributed by atoms with Crippen molar-refractivity contribution in [2.45, 2.75) is 32.8 Å². The van der Waals surface area contributed by atoms with Crippen molar-refractivity contribution in [3.05, 3.63) is 32.8 Å². The van der Waals surface area contributed by atoms with Crippen molar-refractivity contribution in [1.82, 2.24) is 4.57 Å². The van der Waals surface area contributed by atoms with Gasteiger partial charge in [-0.3, -0.25) is 0 Å². The molecule has 2 rings (SSSR count). The fourth-order valence-electron chi connectivity index (χ4n) is 2.03. The summed E-state index contributed by atoms with van der Waals surface area (Å²) in [5.74, 6) is 0. The highest BCUT2D eigenvalue weighted by Crippen LogP contribution is 2.33. The third kappa shape index (κ3) is 3.30. The van der Waals surface area contributed by atoms with Crippen LogP contribution < -0.4 is 0 Å². The summed E-state index contributed by atoms with van der Waals surface area (Å²) in [6, 6.07) is 7.73. The molecule has 1 aromatic heterocycles. The van der Waals surface area contributed by atoms with E-state index in [1.54, 1.807) is 0 Å². The Bertz CT molecular complexity index is 752. The number of carbonyl (C=O) groups excluding carboxylic acids is 1. The van der Waals surface area contributed by atoms with Crippen LogP contribution in [0.5, 0.6) is 0 Å². The Labute approximate surface area is 139 Å². The molecule has 1 aromatic carbocycles. The van der Waals surface area contributed by atoms with Gasteiger partial charge in [-0.1, -0.05) is 22.0 Å². The average Bonchev–Trinajstić information content (AvgIpc) is 2.60. The number of fused-ring (bicyclic) bond motifs is 1. The van der Waals surface area contributed by atoms with Crippen LogP contribution in [0.1, 0.15) is 26.3 Å². The topological polar surface area (TPSA) is 55.0 Å². The first-order valence-electron chi connectivity index (χ1n) is 6.33. The second kappa shape index (κ2) is 5.82. The lowest BCUT2D eigenvalue weighted by Crippen LogP contribution is -2.27. The molecule has 2 aromatic rings. The lowest BCUT2D eigenvalue weighted by Gasteiger charge is -2.20. The first-order valence-corrected chi connectivity index (χ1v) is 7.92. The van der Waals surface area contributed by atoms with Crippen LogP contribution in [0.25, 0.3) is 10.9 Å². The summed E-state index contributed by atoms with van der Waals surface area (Å²) in [4.78, 5) is 12.4. The van der Waals surface area contributed by atoms with Crippen molar-refractivity contribution in [3.63, 3.8) is 0 Å². The van der Waals surface area contributed by atoms with Gasteiger partial charge in [0.2, 0.25) is 0 Å². The Morgan fingerprint density at radius 2 is 2.05 bits per heavy atom. The molecule has 0 unspecified atom stereocenters. The van der Waals surface area contributed by atoms with E-state index in [9.17, 15) is 4.79 Å². The zero-order valence-electron chi connectivity index (χ0n) is 11.9. The smallest absolute Gasteiger partial charge is 0.419 e. The molecule has 110 valence electrons. The lowest BCUT2D eigenvalue weighted by atomic mass is 10.1. The number of nitriles is 1. The minimum Gasteiger partial charge on any atom is -0.443 e. The van der Waals surface area contributed by atoms with E-state index in [1.165, 1.54) is 4.57 Å². The fourth-order valence-corrected chi connectivity index (χ4v) is 3.07. The summed E-state index contributed by atoms with van der Waals surface area (Å²) < 4.78 is 8.31. The van der Waals surface area contributed by atoms with Crippen molar-refractivity contribution >= 4 is 48.9 Å². The monoisotopic (exact) mass is 412 g/mol. The predicted octanol–water partition coefficient (Wildman–Crippen LogP) is 5.02. The van der Waals surface area contributed by atoms with Gasteiger partial charge in [0, 0.05) is 15.4 Å². The number of carbonyl (C=O) groups is 1. The Kier molecular flexibility index (Phi) is 4.45. The van der Waals surface area contributed by atoms with Gasteiger partial charge in [-0.2, -0.15) is 5.26 Å². The minimum atomic E-state index is -0.589. The third-order valence-corrected chi connectivity index (χ3v) is 4.13. The average molecular weight is 414 g/mol. The zero-order chi connectivity index (χ0) is 15.8. The van der Waals surface area contributed by atoms with E-state index in [2.05, 4.69) is 37.9 Å². The molecular weight excluding hydrogens is 400 g/mol. The van der Waals surface area contributed by atoms with Crippen LogP contribution in [0.2, 0.25) is 0 Å². The summed E-state index contributed by atoms with van der Waals surface area (Å²) in [5, 5.41) is 9.85. The fraction of sp³-hybridized carbons (Fsp3) is 0.333. The summed E-state index contributed by atoms with van der Waals surface area (Å²) in [7, 11) is 0. The van der Waals surface area contributed by atoms with Crippen molar-refractivity contribution in [3.8, 4) is 6.07 Å². The van der Waals surface area contributed by atoms with Gasteiger partial charge in [0.05, 0.1) is 18.0 Å². The minimum absolute atomic E-state index is 0.217. The van der Waals surface area contributed by atoms with Gasteiger partial charge in [-0.05, 0) is 48.8 Å². The number of halogens is 2. The molecule has 4 nitrogen and oxygen atoms in total. The van der Waals surface area contributed by atoms with E-state index in [0.717, 1.165) is 15.4 Å². The molecule has 21 heavy (non-hydrogen) atoms. The molecular formula is C15H14Br2N2O2. The highest BCUT2D eigenvalue weighted by atomic mass is 79.9. The Balaban J connectivity index is 2.67. The predicted molar refractivity (Wildman–Crippen MR) is 88.3 cm³/mol. The van der Waals surface area contributed by atoms with E-state index in [1.807, 2.05) is 39.0 Å². The summed E-state index contributed by atoms with van der Waals surface area (Å²) >= 11 is 6.83.